The average Bonchev–Trinajstić information content (AvgIpc) is 3.67. The van der Waals surface area contributed by atoms with Gasteiger partial charge in [0.15, 0.2) is 11.5 Å². The Bertz CT molecular complexity index is 2430. The molecule has 9 rings (SSSR count). The summed E-state index contributed by atoms with van der Waals surface area (Å²) in [6.07, 6.45) is 7.57. The number of ether oxygens (including phenoxy) is 3. The summed E-state index contributed by atoms with van der Waals surface area (Å²) in [6, 6.07) is 29.9. The number of carbonyl (C=O) groups excluding carboxylic acids is 2. The van der Waals surface area contributed by atoms with E-state index in [1.54, 1.807) is 19.2 Å². The number of benzene rings is 5. The highest BCUT2D eigenvalue weighted by molar-refractivity contribution is 6.15. The lowest BCUT2D eigenvalue weighted by Crippen LogP contribution is -2.37. The van der Waals surface area contributed by atoms with E-state index >= 15 is 0 Å². The molecule has 0 saturated carbocycles. The third-order valence-corrected chi connectivity index (χ3v) is 10.7. The van der Waals surface area contributed by atoms with Crippen molar-refractivity contribution in [2.75, 3.05) is 22.2 Å². The third kappa shape index (κ3) is 6.29. The molecule has 1 N–H and O–H groups in total. The molecular formula is C46H42N4O5. The average molecular weight is 731 g/mol. The van der Waals surface area contributed by atoms with Crippen molar-refractivity contribution in [3.8, 4) is 17.2 Å². The number of rotatable bonds is 9. The minimum absolute atomic E-state index is 0.00401. The molecule has 4 aliphatic rings. The van der Waals surface area contributed by atoms with Crippen LogP contribution in [0, 0.1) is 6.92 Å². The Kier molecular flexibility index (Phi) is 8.64. The van der Waals surface area contributed by atoms with E-state index < -0.39 is 0 Å². The molecule has 0 aromatic heterocycles. The third-order valence-electron chi connectivity index (χ3n) is 10.7. The van der Waals surface area contributed by atoms with Gasteiger partial charge in [0, 0.05) is 47.4 Å². The van der Waals surface area contributed by atoms with Crippen LogP contribution in [0.2, 0.25) is 0 Å². The molecule has 0 radical (unpaired) electrons. The topological polar surface area (TPSA) is 92.7 Å². The molecule has 55 heavy (non-hydrogen) atoms. The Hall–Kier alpha value is -6.35. The zero-order chi connectivity index (χ0) is 37.8. The fraction of sp³-hybridized carbons (Fsp3) is 0.239. The van der Waals surface area contributed by atoms with Crippen LogP contribution in [0.1, 0.15) is 67.9 Å². The second-order valence-electron chi connectivity index (χ2n) is 14.9. The fourth-order valence-corrected chi connectivity index (χ4v) is 8.21. The summed E-state index contributed by atoms with van der Waals surface area (Å²) in [5.41, 5.74) is 10.5. The van der Waals surface area contributed by atoms with Gasteiger partial charge < -0.3 is 24.4 Å². The normalized spacial score (nSPS) is 17.5. The smallest absolute Gasteiger partial charge is 0.261 e. The van der Waals surface area contributed by atoms with Crippen molar-refractivity contribution in [1.82, 2.24) is 0 Å². The molecule has 0 spiro atoms. The molecule has 276 valence electrons. The molecular weight excluding hydrogens is 689 g/mol. The largest absolute Gasteiger partial charge is 0.493 e. The highest BCUT2D eigenvalue weighted by atomic mass is 16.5. The Morgan fingerprint density at radius 1 is 0.745 bits per heavy atom. The summed E-state index contributed by atoms with van der Waals surface area (Å²) in [5, 5.41) is 3.53. The molecule has 9 nitrogen and oxygen atoms in total. The number of amides is 2. The van der Waals surface area contributed by atoms with Crippen molar-refractivity contribution in [1.29, 1.82) is 0 Å². The SMILES string of the molecule is COc1cc2c(cc1OCc1cc(COc3cc4c(cc3C)C(=O)N3c5ccccc5C[C@H]3C=C4)cc(NC(C)C)c1)N=C[C@@H]1Cc3ccccc3N1C2=O. The van der Waals surface area contributed by atoms with E-state index in [2.05, 4.69) is 61.6 Å². The second kappa shape index (κ2) is 13.8. The number of nitrogens with one attached hydrogen (secondary N) is 1. The first-order valence-electron chi connectivity index (χ1n) is 18.8. The highest BCUT2D eigenvalue weighted by Gasteiger charge is 2.37. The zero-order valence-corrected chi connectivity index (χ0v) is 31.3. The number of anilines is 3. The van der Waals surface area contributed by atoms with Gasteiger partial charge in [0.1, 0.15) is 19.0 Å². The first-order chi connectivity index (χ1) is 26.7. The molecule has 0 fully saturated rings. The molecule has 0 bridgehead atoms. The van der Waals surface area contributed by atoms with Crippen LogP contribution in [0.25, 0.3) is 6.08 Å². The van der Waals surface area contributed by atoms with E-state index in [1.165, 1.54) is 5.56 Å². The van der Waals surface area contributed by atoms with Gasteiger partial charge in [-0.15, -0.1) is 0 Å². The number of hydrogen-bond donors (Lipinski definition) is 1. The Morgan fingerprint density at radius 2 is 1.38 bits per heavy atom. The minimum atomic E-state index is -0.145. The van der Waals surface area contributed by atoms with Crippen LogP contribution in [-0.2, 0) is 26.1 Å². The second-order valence-corrected chi connectivity index (χ2v) is 14.9. The summed E-state index contributed by atoms with van der Waals surface area (Å²) in [4.78, 5) is 36.3. The number of para-hydroxylation sites is 2. The number of aryl methyl sites for hydroxylation is 1. The first kappa shape index (κ1) is 34.4. The highest BCUT2D eigenvalue weighted by Crippen LogP contribution is 2.42. The Labute approximate surface area is 320 Å². The van der Waals surface area contributed by atoms with Crippen molar-refractivity contribution >= 4 is 46.9 Å². The standard InChI is InChI=1S/C46H42N4O5/c1-27(2)48-34-17-29(25-54-42-21-31-13-14-35-19-32-9-5-7-11-40(32)49(35)45(51)37(31)15-28(42)3)16-30(18-34)26-55-44-23-39-38(22-43(44)53-4)46(52)50-36(24-47-39)20-33-10-6-8-12-41(33)50/h5-18,21-24,27,35-36,48H,19-20,25-26H2,1-4H3/t35-,36+/m1/s1. The Morgan fingerprint density at radius 3 is 2.07 bits per heavy atom. The first-order valence-corrected chi connectivity index (χ1v) is 18.8. The molecule has 4 heterocycles. The number of fused-ring (bicyclic) bond motifs is 8. The number of aliphatic imine (C=N–C) groups is 1. The van der Waals surface area contributed by atoms with E-state index in [0.29, 0.717) is 34.9 Å². The van der Waals surface area contributed by atoms with Gasteiger partial charge in [-0.1, -0.05) is 48.6 Å². The van der Waals surface area contributed by atoms with Crippen molar-refractivity contribution < 1.29 is 23.8 Å². The predicted octanol–water partition coefficient (Wildman–Crippen LogP) is 8.87. The predicted molar refractivity (Wildman–Crippen MR) is 217 cm³/mol. The maximum absolute atomic E-state index is 13.9. The van der Waals surface area contributed by atoms with E-state index in [9.17, 15) is 9.59 Å². The molecule has 2 atom stereocenters. The monoisotopic (exact) mass is 730 g/mol. The number of nitrogens with zero attached hydrogens (tertiary/aromatic N) is 3. The van der Waals surface area contributed by atoms with E-state index in [-0.39, 0.29) is 36.5 Å². The van der Waals surface area contributed by atoms with Gasteiger partial charge in [-0.05, 0) is 109 Å². The van der Waals surface area contributed by atoms with Crippen LogP contribution in [0.3, 0.4) is 0 Å². The Balaban J connectivity index is 0.945. The summed E-state index contributed by atoms with van der Waals surface area (Å²) < 4.78 is 18.6. The molecule has 0 saturated heterocycles. The van der Waals surface area contributed by atoms with E-state index in [4.69, 9.17) is 19.2 Å². The van der Waals surface area contributed by atoms with Crippen LogP contribution >= 0.6 is 0 Å². The summed E-state index contributed by atoms with van der Waals surface area (Å²) in [7, 11) is 1.58. The maximum Gasteiger partial charge on any atom is 0.261 e. The van der Waals surface area contributed by atoms with Gasteiger partial charge in [-0.25, -0.2) is 0 Å². The lowest BCUT2D eigenvalue weighted by molar-refractivity contribution is 0.0977. The summed E-state index contributed by atoms with van der Waals surface area (Å²) >= 11 is 0. The van der Waals surface area contributed by atoms with E-state index in [0.717, 1.165) is 63.5 Å². The van der Waals surface area contributed by atoms with Gasteiger partial charge in [-0.3, -0.25) is 19.5 Å². The van der Waals surface area contributed by atoms with Gasteiger partial charge >= 0.3 is 0 Å². The van der Waals surface area contributed by atoms with Gasteiger partial charge in [0.05, 0.1) is 30.4 Å². The molecule has 5 aromatic rings. The lowest BCUT2D eigenvalue weighted by atomic mass is 10.0. The fourth-order valence-electron chi connectivity index (χ4n) is 8.21. The molecule has 0 unspecified atom stereocenters. The quantitative estimate of drug-likeness (QED) is 0.163. The van der Waals surface area contributed by atoms with Crippen molar-refractivity contribution in [3.05, 3.63) is 142 Å². The number of carbonyl (C=O) groups is 2. The van der Waals surface area contributed by atoms with Gasteiger partial charge in [-0.2, -0.15) is 0 Å². The summed E-state index contributed by atoms with van der Waals surface area (Å²) in [6.45, 7) is 6.75. The minimum Gasteiger partial charge on any atom is -0.493 e. The number of hydrogen-bond acceptors (Lipinski definition) is 7. The van der Waals surface area contributed by atoms with Crippen LogP contribution in [0.5, 0.6) is 17.2 Å². The summed E-state index contributed by atoms with van der Waals surface area (Å²) in [5.74, 6) is 1.59. The van der Waals surface area contributed by atoms with Crippen LogP contribution in [0.4, 0.5) is 22.7 Å². The molecule has 2 amide bonds. The molecule has 5 aromatic carbocycles. The van der Waals surface area contributed by atoms with Crippen molar-refractivity contribution in [3.63, 3.8) is 0 Å². The maximum atomic E-state index is 13.9. The molecule has 0 aliphatic carbocycles. The van der Waals surface area contributed by atoms with Crippen molar-refractivity contribution in [2.24, 2.45) is 4.99 Å². The lowest BCUT2D eigenvalue weighted by Gasteiger charge is -2.22. The van der Waals surface area contributed by atoms with Gasteiger partial charge in [0.25, 0.3) is 11.8 Å². The number of methoxy groups -OCH3 is 1. The molecule has 4 aliphatic heterocycles. The zero-order valence-electron chi connectivity index (χ0n) is 31.3. The van der Waals surface area contributed by atoms with Crippen molar-refractivity contribution in [2.45, 2.75) is 65.0 Å². The molecule has 9 heteroatoms. The van der Waals surface area contributed by atoms with Crippen LogP contribution in [0.15, 0.2) is 102 Å². The van der Waals surface area contributed by atoms with Crippen LogP contribution < -0.4 is 29.3 Å². The van der Waals surface area contributed by atoms with Gasteiger partial charge in [0.2, 0.25) is 0 Å². The van der Waals surface area contributed by atoms with E-state index in [1.807, 2.05) is 71.5 Å². The van der Waals surface area contributed by atoms with Crippen LogP contribution in [-0.4, -0.2) is 43.3 Å².